The number of pyridine rings is 3. The predicted octanol–water partition coefficient (Wildman–Crippen LogP) is 4.77. The number of nitrogens with one attached hydrogen (secondary N) is 1. The molecule has 0 radical (unpaired) electrons. The number of amides is 1. The Kier molecular flexibility index (Phi) is 12.3. The van der Waals surface area contributed by atoms with Crippen LogP contribution in [0.2, 0.25) is 0 Å². The van der Waals surface area contributed by atoms with E-state index in [1.807, 2.05) is 0 Å². The minimum atomic E-state index is -2.48. The summed E-state index contributed by atoms with van der Waals surface area (Å²) in [4.78, 5) is 65.5. The number of hydrogen-bond acceptors (Lipinski definition) is 7. The van der Waals surface area contributed by atoms with Crippen molar-refractivity contribution >= 4 is 23.8 Å². The van der Waals surface area contributed by atoms with Gasteiger partial charge in [0.15, 0.2) is 0 Å². The number of carbonyl (C=O) groups is 4. The first-order valence-electron chi connectivity index (χ1n) is 14.4. The van der Waals surface area contributed by atoms with Crippen molar-refractivity contribution in [3.63, 3.8) is 0 Å². The van der Waals surface area contributed by atoms with Crippen LogP contribution in [0.4, 0.5) is 0 Å². The lowest BCUT2D eigenvalue weighted by Crippen LogP contribution is -2.65. The van der Waals surface area contributed by atoms with Crippen LogP contribution < -0.4 is 5.32 Å². The van der Waals surface area contributed by atoms with Crippen LogP contribution in [0.3, 0.4) is 0 Å². The van der Waals surface area contributed by atoms with E-state index in [1.54, 1.807) is 0 Å². The molecule has 43 heavy (non-hydrogen) atoms. The zero-order valence-electron chi connectivity index (χ0n) is 24.1. The molecule has 0 bridgehead atoms. The molecular weight excluding hydrogens is 552 g/mol. The number of hydrogen-bond donors (Lipinski definition) is 4. The van der Waals surface area contributed by atoms with Gasteiger partial charge in [0, 0.05) is 43.6 Å². The molecule has 4 N–H and O–H groups in total. The fourth-order valence-corrected chi connectivity index (χ4v) is 5.77. The lowest BCUT2D eigenvalue weighted by molar-refractivity contribution is -0.151. The van der Waals surface area contributed by atoms with Gasteiger partial charge in [0.05, 0.1) is 5.54 Å². The van der Waals surface area contributed by atoms with Crippen molar-refractivity contribution in [1.29, 1.82) is 0 Å². The summed E-state index contributed by atoms with van der Waals surface area (Å²) in [5, 5.41) is 35.0. The molecule has 3 aromatic rings. The van der Waals surface area contributed by atoms with Gasteiger partial charge in [-0.15, -0.1) is 0 Å². The summed E-state index contributed by atoms with van der Waals surface area (Å²) in [7, 11) is 0. The minimum Gasteiger partial charge on any atom is -0.481 e. The molecule has 3 heterocycles. The van der Waals surface area contributed by atoms with Crippen LogP contribution in [-0.4, -0.2) is 59.6 Å². The molecule has 3 unspecified atom stereocenters. The van der Waals surface area contributed by atoms with E-state index in [4.69, 9.17) is 0 Å². The van der Waals surface area contributed by atoms with Gasteiger partial charge in [-0.1, -0.05) is 63.6 Å². The Hall–Kier alpha value is -4.67. The normalized spacial score (nSPS) is 14.5. The Morgan fingerprint density at radius 1 is 0.651 bits per heavy atom. The Bertz CT molecular complexity index is 1200. The highest BCUT2D eigenvalue weighted by Gasteiger charge is 2.61. The van der Waals surface area contributed by atoms with Crippen LogP contribution in [0, 0.1) is 0 Å². The Morgan fingerprint density at radius 2 is 1.02 bits per heavy atom. The van der Waals surface area contributed by atoms with Gasteiger partial charge in [-0.3, -0.25) is 34.1 Å². The monoisotopic (exact) mass is 590 g/mol. The number of aromatic nitrogens is 3. The van der Waals surface area contributed by atoms with Crippen molar-refractivity contribution in [2.24, 2.45) is 0 Å². The molecule has 0 spiro atoms. The van der Waals surface area contributed by atoms with E-state index >= 15 is 0 Å². The quantitative estimate of drug-likeness (QED) is 0.151. The topological polar surface area (TPSA) is 180 Å². The lowest BCUT2D eigenvalue weighted by atomic mass is 9.60. The van der Waals surface area contributed by atoms with Gasteiger partial charge in [-0.25, -0.2) is 0 Å². The van der Waals surface area contributed by atoms with Gasteiger partial charge in [0.1, 0.15) is 17.8 Å². The van der Waals surface area contributed by atoms with Crippen molar-refractivity contribution < 1.29 is 34.5 Å². The second-order valence-corrected chi connectivity index (χ2v) is 10.5. The van der Waals surface area contributed by atoms with Crippen LogP contribution in [0.1, 0.15) is 92.7 Å². The third-order valence-electron chi connectivity index (χ3n) is 7.59. The number of carboxylic acid groups (broad SMARTS) is 3. The standard InChI is InChI=1S/C32H38N4O7/c1-2-3-4-5-6-7-8-15-25(37)36-32(26(29(38)39)22-12-9-16-33-19-22,27(30(40)41)23-13-10-17-34-20-23)28(31(42)43)24-14-11-18-35-21-24/h9-14,16-21,26-28H,2-8,15H2,1H3,(H,36,37)(H,38,39)(H,40,41)(H,42,43). The Morgan fingerprint density at radius 3 is 1.35 bits per heavy atom. The average Bonchev–Trinajstić information content (AvgIpc) is 2.98. The fourth-order valence-electron chi connectivity index (χ4n) is 5.77. The van der Waals surface area contributed by atoms with E-state index in [0.717, 1.165) is 38.5 Å². The van der Waals surface area contributed by atoms with Gasteiger partial charge in [-0.2, -0.15) is 0 Å². The number of rotatable bonds is 18. The zero-order chi connectivity index (χ0) is 31.2. The van der Waals surface area contributed by atoms with E-state index in [-0.39, 0.29) is 23.1 Å². The van der Waals surface area contributed by atoms with Crippen molar-refractivity contribution in [2.75, 3.05) is 0 Å². The van der Waals surface area contributed by atoms with E-state index < -0.39 is 47.1 Å². The molecule has 11 heteroatoms. The highest BCUT2D eigenvalue weighted by Crippen LogP contribution is 2.49. The molecule has 0 fully saturated rings. The van der Waals surface area contributed by atoms with E-state index in [9.17, 15) is 34.5 Å². The van der Waals surface area contributed by atoms with Crippen molar-refractivity contribution in [2.45, 2.75) is 81.6 Å². The highest BCUT2D eigenvalue weighted by molar-refractivity contribution is 5.92. The summed E-state index contributed by atoms with van der Waals surface area (Å²) in [5.41, 5.74) is -2.40. The molecule has 228 valence electrons. The second-order valence-electron chi connectivity index (χ2n) is 10.5. The highest BCUT2D eigenvalue weighted by atomic mass is 16.4. The molecule has 1 amide bonds. The van der Waals surface area contributed by atoms with Gasteiger partial charge in [0.25, 0.3) is 0 Å². The molecule has 3 atom stereocenters. The van der Waals surface area contributed by atoms with Crippen LogP contribution in [-0.2, 0) is 19.2 Å². The summed E-state index contributed by atoms with van der Waals surface area (Å²) < 4.78 is 0. The maximum absolute atomic E-state index is 13.7. The maximum Gasteiger partial charge on any atom is 0.313 e. The number of carboxylic acids is 3. The first-order chi connectivity index (χ1) is 20.7. The Labute approximate surface area is 250 Å². The van der Waals surface area contributed by atoms with Gasteiger partial charge >= 0.3 is 17.9 Å². The third-order valence-corrected chi connectivity index (χ3v) is 7.59. The number of carbonyl (C=O) groups excluding carboxylic acids is 1. The third kappa shape index (κ3) is 8.21. The van der Waals surface area contributed by atoms with E-state index in [2.05, 4.69) is 27.2 Å². The summed E-state index contributed by atoms with van der Waals surface area (Å²) in [6.07, 6.45) is 14.4. The van der Waals surface area contributed by atoms with Crippen LogP contribution >= 0.6 is 0 Å². The zero-order valence-corrected chi connectivity index (χ0v) is 24.1. The fraction of sp³-hybridized carbons (Fsp3) is 0.406. The number of aliphatic carboxylic acids is 3. The molecule has 0 aliphatic heterocycles. The second kappa shape index (κ2) is 16.1. The van der Waals surface area contributed by atoms with Crippen molar-refractivity contribution in [1.82, 2.24) is 20.3 Å². The Balaban J connectivity index is 2.26. The van der Waals surface area contributed by atoms with Crippen LogP contribution in [0.5, 0.6) is 0 Å². The molecule has 0 aliphatic rings. The van der Waals surface area contributed by atoms with Gasteiger partial charge in [-0.05, 0) is 41.3 Å². The van der Waals surface area contributed by atoms with E-state index in [1.165, 1.54) is 73.6 Å². The molecular formula is C32H38N4O7. The summed E-state index contributed by atoms with van der Waals surface area (Å²) in [5.74, 6) is -10.8. The van der Waals surface area contributed by atoms with Crippen LogP contribution in [0.25, 0.3) is 0 Å². The van der Waals surface area contributed by atoms with Crippen molar-refractivity contribution in [3.05, 3.63) is 90.3 Å². The summed E-state index contributed by atoms with van der Waals surface area (Å²) in [6, 6.07) is 8.68. The minimum absolute atomic E-state index is 0.0245. The molecule has 0 aromatic carbocycles. The van der Waals surface area contributed by atoms with Crippen LogP contribution in [0.15, 0.2) is 73.6 Å². The van der Waals surface area contributed by atoms with Crippen molar-refractivity contribution in [3.8, 4) is 0 Å². The maximum atomic E-state index is 13.7. The summed E-state index contributed by atoms with van der Waals surface area (Å²) >= 11 is 0. The lowest BCUT2D eigenvalue weighted by Gasteiger charge is -2.47. The number of nitrogens with zero attached hydrogens (tertiary/aromatic N) is 3. The van der Waals surface area contributed by atoms with E-state index in [0.29, 0.717) is 6.42 Å². The first kappa shape index (κ1) is 32.8. The van der Waals surface area contributed by atoms with Gasteiger partial charge < -0.3 is 20.6 Å². The molecule has 0 saturated carbocycles. The summed E-state index contributed by atoms with van der Waals surface area (Å²) in [6.45, 7) is 2.12. The average molecular weight is 591 g/mol. The van der Waals surface area contributed by atoms with Gasteiger partial charge in [0.2, 0.25) is 5.91 Å². The molecule has 3 aromatic heterocycles. The smallest absolute Gasteiger partial charge is 0.313 e. The first-order valence-corrected chi connectivity index (χ1v) is 14.4. The molecule has 11 nitrogen and oxygen atoms in total. The molecule has 0 aliphatic carbocycles. The molecule has 3 rings (SSSR count). The SMILES string of the molecule is CCCCCCCCCC(=O)NC(C(C(=O)O)c1cccnc1)(C(C(=O)O)c1cccnc1)C(C(=O)O)c1cccnc1. The largest absolute Gasteiger partial charge is 0.481 e. The molecule has 0 saturated heterocycles. The number of unbranched alkanes of at least 4 members (excludes halogenated alkanes) is 6. The predicted molar refractivity (Wildman–Crippen MR) is 157 cm³/mol.